The maximum atomic E-state index is 11.5. The molecule has 1 heterocycles. The summed E-state index contributed by atoms with van der Waals surface area (Å²) in [6.45, 7) is 0. The van der Waals surface area contributed by atoms with Gasteiger partial charge in [-0.15, -0.1) is 0 Å². The molecule has 0 unspecified atom stereocenters. The Balaban J connectivity index is 2.76. The first-order valence-electron chi connectivity index (χ1n) is 4.32. The van der Waals surface area contributed by atoms with Gasteiger partial charge in [0, 0.05) is 5.56 Å². The lowest BCUT2D eigenvalue weighted by Crippen LogP contribution is -2.19. The van der Waals surface area contributed by atoms with Crippen LogP contribution in [0.25, 0.3) is 10.9 Å². The molecule has 0 aliphatic carbocycles. The van der Waals surface area contributed by atoms with Crippen molar-refractivity contribution in [2.45, 2.75) is 0 Å². The van der Waals surface area contributed by atoms with Crippen LogP contribution in [0.15, 0.2) is 23.0 Å². The van der Waals surface area contributed by atoms with Crippen LogP contribution in [-0.2, 0) is 0 Å². The minimum atomic E-state index is -0.651. The van der Waals surface area contributed by atoms with Gasteiger partial charge in [-0.1, -0.05) is 0 Å². The van der Waals surface area contributed by atoms with Crippen molar-refractivity contribution in [1.82, 2.24) is 15.4 Å². The van der Waals surface area contributed by atoms with Gasteiger partial charge in [-0.3, -0.25) is 19.8 Å². The fourth-order valence-electron chi connectivity index (χ4n) is 1.38. The molecular weight excluding hydrogens is 230 g/mol. The smallest absolute Gasteiger partial charge is 0.274 e. The fraction of sp³-hybridized carbons (Fsp3) is 0. The first-order chi connectivity index (χ1) is 7.61. The van der Waals surface area contributed by atoms with Crippen LogP contribution >= 0.6 is 12.2 Å². The van der Waals surface area contributed by atoms with Gasteiger partial charge in [0.25, 0.3) is 11.5 Å². The molecule has 82 valence electrons. The second-order valence-corrected chi connectivity index (χ2v) is 3.52. The summed E-state index contributed by atoms with van der Waals surface area (Å²) in [4.78, 5) is 27.8. The highest BCUT2D eigenvalue weighted by Crippen LogP contribution is 2.09. The maximum absolute atomic E-state index is 11.5. The third kappa shape index (κ3) is 1.73. The van der Waals surface area contributed by atoms with Gasteiger partial charge in [0.15, 0.2) is 4.77 Å². The number of hydrogen-bond donors (Lipinski definition) is 4. The lowest BCUT2D eigenvalue weighted by molar-refractivity contribution is 0.0706. The number of aromatic amines is 2. The van der Waals surface area contributed by atoms with Crippen LogP contribution in [-0.4, -0.2) is 21.1 Å². The summed E-state index contributed by atoms with van der Waals surface area (Å²) in [7, 11) is 0. The van der Waals surface area contributed by atoms with E-state index in [9.17, 15) is 9.59 Å². The minimum absolute atomic E-state index is 0.180. The van der Waals surface area contributed by atoms with Crippen molar-refractivity contribution in [3.63, 3.8) is 0 Å². The zero-order valence-corrected chi connectivity index (χ0v) is 8.72. The number of nitrogens with one attached hydrogen (secondary N) is 3. The number of fused-ring (bicyclic) bond motifs is 1. The normalized spacial score (nSPS) is 10.3. The highest BCUT2D eigenvalue weighted by atomic mass is 32.1. The van der Waals surface area contributed by atoms with Crippen LogP contribution in [0.5, 0.6) is 0 Å². The molecule has 1 aromatic heterocycles. The van der Waals surface area contributed by atoms with E-state index in [-0.39, 0.29) is 15.9 Å². The number of carbonyl (C=O) groups excluding carboxylic acids is 1. The Morgan fingerprint density at radius 3 is 2.81 bits per heavy atom. The summed E-state index contributed by atoms with van der Waals surface area (Å²) in [5, 5.41) is 8.86. The molecule has 0 saturated carbocycles. The van der Waals surface area contributed by atoms with Crippen molar-refractivity contribution < 1.29 is 10.0 Å². The summed E-state index contributed by atoms with van der Waals surface area (Å²) >= 11 is 4.80. The number of aromatic nitrogens is 2. The number of hydroxylamine groups is 1. The highest BCUT2D eigenvalue weighted by molar-refractivity contribution is 7.71. The number of carbonyl (C=O) groups is 1. The van der Waals surface area contributed by atoms with Gasteiger partial charge in [0.05, 0.1) is 10.9 Å². The fourth-order valence-corrected chi connectivity index (χ4v) is 1.58. The molecule has 16 heavy (non-hydrogen) atoms. The molecule has 0 fully saturated rings. The van der Waals surface area contributed by atoms with Crippen molar-refractivity contribution in [2.75, 3.05) is 0 Å². The molecule has 1 aromatic carbocycles. The average molecular weight is 237 g/mol. The molecule has 6 nitrogen and oxygen atoms in total. The van der Waals surface area contributed by atoms with Crippen LogP contribution < -0.4 is 11.0 Å². The molecule has 0 atom stereocenters. The number of amides is 1. The van der Waals surface area contributed by atoms with Crippen LogP contribution in [0.1, 0.15) is 10.4 Å². The average Bonchev–Trinajstić information content (AvgIpc) is 2.27. The van der Waals surface area contributed by atoms with Crippen molar-refractivity contribution >= 4 is 29.0 Å². The minimum Gasteiger partial charge on any atom is -0.332 e. The number of rotatable bonds is 1. The maximum Gasteiger partial charge on any atom is 0.274 e. The van der Waals surface area contributed by atoms with E-state index in [0.717, 1.165) is 0 Å². The van der Waals surface area contributed by atoms with Gasteiger partial charge in [-0.05, 0) is 30.4 Å². The van der Waals surface area contributed by atoms with E-state index in [1.54, 1.807) is 0 Å². The lowest BCUT2D eigenvalue weighted by atomic mass is 10.1. The Morgan fingerprint density at radius 2 is 2.12 bits per heavy atom. The highest BCUT2D eigenvalue weighted by Gasteiger charge is 2.06. The number of benzene rings is 1. The van der Waals surface area contributed by atoms with Gasteiger partial charge in [0.2, 0.25) is 0 Å². The van der Waals surface area contributed by atoms with Gasteiger partial charge in [0.1, 0.15) is 0 Å². The summed E-state index contributed by atoms with van der Waals surface area (Å²) in [6.07, 6.45) is 0. The molecular formula is C9H7N3O3S. The summed E-state index contributed by atoms with van der Waals surface area (Å²) in [5.74, 6) is -0.651. The Hall–Kier alpha value is -1.99. The first-order valence-corrected chi connectivity index (χ1v) is 4.73. The zero-order chi connectivity index (χ0) is 11.7. The van der Waals surface area contributed by atoms with E-state index in [2.05, 4.69) is 9.97 Å². The molecule has 0 aliphatic rings. The van der Waals surface area contributed by atoms with Crippen molar-refractivity contribution in [3.8, 4) is 0 Å². The standard InChI is InChI=1S/C9H7N3O3S/c13-7(12-15)4-1-2-5-6(3-4)10-9(16)11-8(5)14/h1-3,15H,(H,12,13)(H2,10,11,14,16). The molecule has 0 aliphatic heterocycles. The third-order valence-electron chi connectivity index (χ3n) is 2.10. The first kappa shape index (κ1) is 10.5. The Bertz CT molecular complexity index is 673. The second-order valence-electron chi connectivity index (χ2n) is 3.11. The van der Waals surface area contributed by atoms with Crippen molar-refractivity contribution in [1.29, 1.82) is 0 Å². The summed E-state index contributed by atoms with van der Waals surface area (Å²) < 4.78 is 0.180. The molecule has 1 amide bonds. The SMILES string of the molecule is O=C(NO)c1ccc2c(=O)[nH]c(=S)[nH]c2c1. The lowest BCUT2D eigenvalue weighted by Gasteiger charge is -2.01. The van der Waals surface area contributed by atoms with Gasteiger partial charge < -0.3 is 4.98 Å². The van der Waals surface area contributed by atoms with E-state index in [1.165, 1.54) is 23.7 Å². The predicted molar refractivity (Wildman–Crippen MR) is 59.0 cm³/mol. The zero-order valence-electron chi connectivity index (χ0n) is 7.90. The van der Waals surface area contributed by atoms with Crippen LogP contribution in [0, 0.1) is 4.77 Å². The largest absolute Gasteiger partial charge is 0.332 e. The van der Waals surface area contributed by atoms with E-state index in [1.807, 2.05) is 0 Å². The van der Waals surface area contributed by atoms with E-state index >= 15 is 0 Å². The number of H-pyrrole nitrogens is 2. The molecule has 7 heteroatoms. The molecule has 4 N–H and O–H groups in total. The Morgan fingerprint density at radius 1 is 1.38 bits per heavy atom. The molecule has 0 spiro atoms. The van der Waals surface area contributed by atoms with E-state index < -0.39 is 5.91 Å². The van der Waals surface area contributed by atoms with Crippen LogP contribution in [0.4, 0.5) is 0 Å². The topological polar surface area (TPSA) is 98.0 Å². The third-order valence-corrected chi connectivity index (χ3v) is 2.31. The Kier molecular flexibility index (Phi) is 2.55. The predicted octanol–water partition coefficient (Wildman–Crippen LogP) is 0.705. The van der Waals surface area contributed by atoms with Gasteiger partial charge in [-0.25, -0.2) is 5.48 Å². The molecule has 0 radical (unpaired) electrons. The van der Waals surface area contributed by atoms with E-state index in [0.29, 0.717) is 10.9 Å². The molecule has 0 saturated heterocycles. The summed E-state index contributed by atoms with van der Waals surface area (Å²) in [5.41, 5.74) is 1.85. The monoisotopic (exact) mass is 237 g/mol. The van der Waals surface area contributed by atoms with Crippen LogP contribution in [0.3, 0.4) is 0 Å². The molecule has 2 aromatic rings. The summed E-state index contributed by atoms with van der Waals surface area (Å²) in [6, 6.07) is 4.34. The van der Waals surface area contributed by atoms with Crippen molar-refractivity contribution in [2.24, 2.45) is 0 Å². The van der Waals surface area contributed by atoms with Gasteiger partial charge in [-0.2, -0.15) is 0 Å². The van der Waals surface area contributed by atoms with Gasteiger partial charge >= 0.3 is 0 Å². The molecule has 2 rings (SSSR count). The van der Waals surface area contributed by atoms with E-state index in [4.69, 9.17) is 17.4 Å². The quantitative estimate of drug-likeness (QED) is 0.333. The number of hydrogen-bond acceptors (Lipinski definition) is 4. The second kappa shape index (κ2) is 3.87. The van der Waals surface area contributed by atoms with Crippen LogP contribution in [0.2, 0.25) is 0 Å². The molecule has 0 bridgehead atoms. The van der Waals surface area contributed by atoms with Crippen molar-refractivity contribution in [3.05, 3.63) is 38.9 Å². The Labute approximate surface area is 93.9 Å².